The zero-order valence-corrected chi connectivity index (χ0v) is 19.3. The number of hydrogen-bond donors (Lipinski definition) is 1. The van der Waals surface area contributed by atoms with E-state index in [2.05, 4.69) is 10.3 Å². The fourth-order valence-electron chi connectivity index (χ4n) is 4.62. The predicted octanol–water partition coefficient (Wildman–Crippen LogP) is 3.38. The number of aromatic nitrogens is 4. The number of hydrogen-bond acceptors (Lipinski definition) is 5. The van der Waals surface area contributed by atoms with Crippen molar-refractivity contribution in [3.8, 4) is 5.75 Å². The van der Waals surface area contributed by atoms with E-state index < -0.39 is 6.04 Å². The van der Waals surface area contributed by atoms with Gasteiger partial charge in [-0.1, -0.05) is 24.6 Å². The molecule has 2 aromatic carbocycles. The van der Waals surface area contributed by atoms with Crippen LogP contribution in [0.2, 0.25) is 0 Å². The Morgan fingerprint density at radius 1 is 1.15 bits per heavy atom. The Morgan fingerprint density at radius 2 is 2.00 bits per heavy atom. The first-order chi connectivity index (χ1) is 16.6. The minimum Gasteiger partial charge on any atom is -0.496 e. The van der Waals surface area contributed by atoms with Gasteiger partial charge in [0.15, 0.2) is 0 Å². The lowest BCUT2D eigenvalue weighted by Gasteiger charge is -2.21. The highest BCUT2D eigenvalue weighted by Crippen LogP contribution is 2.29. The fraction of sp³-hybridized carbons (Fsp3) is 0.308. The van der Waals surface area contributed by atoms with Gasteiger partial charge >= 0.3 is 0 Å². The summed E-state index contributed by atoms with van der Waals surface area (Å²) in [6.07, 6.45) is 7.40. The summed E-state index contributed by atoms with van der Waals surface area (Å²) in [6.45, 7) is 0.698. The third kappa shape index (κ3) is 3.96. The molecule has 0 spiro atoms. The largest absolute Gasteiger partial charge is 0.496 e. The summed E-state index contributed by atoms with van der Waals surface area (Å²) in [5.41, 5.74) is 1.76. The maximum atomic E-state index is 13.4. The van der Waals surface area contributed by atoms with Crippen molar-refractivity contribution in [2.45, 2.75) is 38.3 Å². The molecule has 0 radical (unpaired) electrons. The van der Waals surface area contributed by atoms with E-state index in [-0.39, 0.29) is 11.5 Å². The number of ether oxygens (including phenoxy) is 1. The van der Waals surface area contributed by atoms with E-state index in [0.717, 1.165) is 37.1 Å². The summed E-state index contributed by atoms with van der Waals surface area (Å²) in [6, 6.07) is 12.1. The molecule has 1 atom stereocenters. The molecule has 3 heterocycles. The lowest BCUT2D eigenvalue weighted by atomic mass is 10.0. The second-order valence-corrected chi connectivity index (χ2v) is 8.57. The van der Waals surface area contributed by atoms with Crippen molar-refractivity contribution in [3.05, 3.63) is 88.0 Å². The third-order valence-electron chi connectivity index (χ3n) is 6.42. The Balaban J connectivity index is 1.53. The van der Waals surface area contributed by atoms with Crippen LogP contribution in [-0.4, -0.2) is 32.1 Å². The van der Waals surface area contributed by atoms with Gasteiger partial charge in [0.05, 0.1) is 18.0 Å². The molecule has 34 heavy (non-hydrogen) atoms. The SMILES string of the molecule is COc1ccccc1[C@H](NC(=O)c1ccc2c(=O)n3c(nc2c1)CCCCC3)c1nccn1C. The van der Waals surface area contributed by atoms with Gasteiger partial charge in [-0.3, -0.25) is 14.2 Å². The summed E-state index contributed by atoms with van der Waals surface area (Å²) < 4.78 is 9.21. The van der Waals surface area contributed by atoms with Gasteiger partial charge in [0.25, 0.3) is 11.5 Å². The van der Waals surface area contributed by atoms with Crippen molar-refractivity contribution in [1.29, 1.82) is 0 Å². The molecule has 1 amide bonds. The number of rotatable bonds is 5. The van der Waals surface area contributed by atoms with E-state index in [9.17, 15) is 9.59 Å². The summed E-state index contributed by atoms with van der Waals surface area (Å²) in [7, 11) is 3.49. The maximum absolute atomic E-state index is 13.4. The van der Waals surface area contributed by atoms with E-state index in [4.69, 9.17) is 9.72 Å². The number of nitrogens with one attached hydrogen (secondary N) is 1. The zero-order valence-electron chi connectivity index (χ0n) is 19.3. The molecule has 0 unspecified atom stereocenters. The Hall–Kier alpha value is -3.94. The van der Waals surface area contributed by atoms with Crippen molar-refractivity contribution < 1.29 is 9.53 Å². The molecular formula is C26H27N5O3. The van der Waals surface area contributed by atoms with Crippen LogP contribution >= 0.6 is 0 Å². The molecule has 8 heteroatoms. The van der Waals surface area contributed by atoms with E-state index in [0.29, 0.717) is 34.6 Å². The molecule has 1 aliphatic heterocycles. The second kappa shape index (κ2) is 9.13. The van der Waals surface area contributed by atoms with Crippen molar-refractivity contribution in [3.63, 3.8) is 0 Å². The van der Waals surface area contributed by atoms with Gasteiger partial charge in [-0.2, -0.15) is 0 Å². The number of para-hydroxylation sites is 1. The quantitative estimate of drug-likeness (QED) is 0.496. The summed E-state index contributed by atoms with van der Waals surface area (Å²) >= 11 is 0. The third-order valence-corrected chi connectivity index (χ3v) is 6.42. The molecule has 2 aromatic heterocycles. The van der Waals surface area contributed by atoms with Gasteiger partial charge in [-0.25, -0.2) is 9.97 Å². The zero-order chi connectivity index (χ0) is 23.7. The molecule has 0 aliphatic carbocycles. The number of imidazole rings is 1. The molecule has 0 fully saturated rings. The van der Waals surface area contributed by atoms with Crippen LogP contribution in [0.5, 0.6) is 5.75 Å². The number of benzene rings is 2. The molecule has 174 valence electrons. The Bertz CT molecular complexity index is 1420. The standard InChI is InChI=1S/C26H27N5O3/c1-30-15-13-27-24(30)23(19-8-5-6-9-21(19)34-2)29-25(32)17-11-12-18-20(16-17)28-22-10-4-3-7-14-31(22)26(18)33/h5-6,8-9,11-13,15-16,23H,3-4,7,10,14H2,1-2H3,(H,29,32)/t23-/m0/s1. The molecule has 0 bridgehead atoms. The normalized spacial score (nSPS) is 14.3. The second-order valence-electron chi connectivity index (χ2n) is 8.57. The molecular weight excluding hydrogens is 430 g/mol. The number of aryl methyl sites for hydroxylation is 2. The average Bonchev–Trinajstić information content (AvgIpc) is 3.13. The molecule has 4 aromatic rings. The monoisotopic (exact) mass is 457 g/mol. The first-order valence-electron chi connectivity index (χ1n) is 11.5. The molecule has 8 nitrogen and oxygen atoms in total. The van der Waals surface area contributed by atoms with Crippen LogP contribution in [0.3, 0.4) is 0 Å². The van der Waals surface area contributed by atoms with Crippen LogP contribution in [0.4, 0.5) is 0 Å². The summed E-state index contributed by atoms with van der Waals surface area (Å²) in [5.74, 6) is 1.86. The molecule has 0 saturated heterocycles. The van der Waals surface area contributed by atoms with Crippen LogP contribution < -0.4 is 15.6 Å². The topological polar surface area (TPSA) is 91.0 Å². The maximum Gasteiger partial charge on any atom is 0.261 e. The van der Waals surface area contributed by atoms with E-state index in [1.807, 2.05) is 42.1 Å². The van der Waals surface area contributed by atoms with Crippen molar-refractivity contribution >= 4 is 16.8 Å². The number of nitrogens with zero attached hydrogens (tertiary/aromatic N) is 4. The molecule has 0 saturated carbocycles. The van der Waals surface area contributed by atoms with Crippen molar-refractivity contribution in [2.75, 3.05) is 7.11 Å². The smallest absolute Gasteiger partial charge is 0.261 e. The number of fused-ring (bicyclic) bond motifs is 2. The van der Waals surface area contributed by atoms with Gasteiger partial charge in [0.1, 0.15) is 23.4 Å². The lowest BCUT2D eigenvalue weighted by molar-refractivity contribution is 0.0941. The molecule has 1 aliphatic rings. The highest BCUT2D eigenvalue weighted by Gasteiger charge is 2.25. The van der Waals surface area contributed by atoms with Crippen LogP contribution in [0, 0.1) is 0 Å². The number of carbonyl (C=O) groups excluding carboxylic acids is 1. The van der Waals surface area contributed by atoms with Gasteiger partial charge < -0.3 is 14.6 Å². The minimum atomic E-state index is -0.523. The van der Waals surface area contributed by atoms with Crippen LogP contribution in [0.15, 0.2) is 59.7 Å². The first kappa shape index (κ1) is 21.9. The number of methoxy groups -OCH3 is 1. The average molecular weight is 458 g/mol. The van der Waals surface area contributed by atoms with Crippen molar-refractivity contribution in [2.24, 2.45) is 7.05 Å². The number of carbonyl (C=O) groups is 1. The van der Waals surface area contributed by atoms with Crippen LogP contribution in [-0.2, 0) is 20.0 Å². The van der Waals surface area contributed by atoms with Crippen LogP contribution in [0.25, 0.3) is 10.9 Å². The summed E-state index contributed by atoms with van der Waals surface area (Å²) in [5, 5.41) is 3.64. The molecule has 1 N–H and O–H groups in total. The fourth-order valence-corrected chi connectivity index (χ4v) is 4.62. The summed E-state index contributed by atoms with van der Waals surface area (Å²) in [4.78, 5) is 35.7. The van der Waals surface area contributed by atoms with E-state index >= 15 is 0 Å². The van der Waals surface area contributed by atoms with Gasteiger partial charge in [0, 0.05) is 43.5 Å². The highest BCUT2D eigenvalue weighted by molar-refractivity contribution is 5.98. The predicted molar refractivity (Wildman–Crippen MR) is 129 cm³/mol. The minimum absolute atomic E-state index is 0.0335. The number of amides is 1. The Labute approximate surface area is 197 Å². The first-order valence-corrected chi connectivity index (χ1v) is 11.5. The molecule has 5 rings (SSSR count). The van der Waals surface area contributed by atoms with E-state index in [1.54, 1.807) is 36.1 Å². The van der Waals surface area contributed by atoms with Gasteiger partial charge in [0.2, 0.25) is 0 Å². The Morgan fingerprint density at radius 3 is 2.79 bits per heavy atom. The highest BCUT2D eigenvalue weighted by atomic mass is 16.5. The van der Waals surface area contributed by atoms with E-state index in [1.165, 1.54) is 0 Å². The van der Waals surface area contributed by atoms with Gasteiger partial charge in [-0.15, -0.1) is 0 Å². The van der Waals surface area contributed by atoms with Gasteiger partial charge in [-0.05, 0) is 37.1 Å². The van der Waals surface area contributed by atoms with Crippen molar-refractivity contribution in [1.82, 2.24) is 24.4 Å². The van der Waals surface area contributed by atoms with Crippen LogP contribution in [0.1, 0.15) is 52.9 Å². The lowest BCUT2D eigenvalue weighted by Crippen LogP contribution is -2.31. The Kier molecular flexibility index (Phi) is 5.88.